The molecular weight excluding hydrogens is 243 g/mol. The molecule has 1 aromatic heterocycles. The zero-order valence-corrected chi connectivity index (χ0v) is 11.0. The average Bonchev–Trinajstić information content (AvgIpc) is 2.37. The molecule has 0 fully saturated rings. The first-order chi connectivity index (χ1) is 9.06. The number of hydrogen-bond donors (Lipinski definition) is 1. The van der Waals surface area contributed by atoms with E-state index in [2.05, 4.69) is 4.98 Å². The van der Waals surface area contributed by atoms with Gasteiger partial charge in [-0.1, -0.05) is 12.1 Å². The molecule has 4 heteroatoms. The molecule has 0 bridgehead atoms. The summed E-state index contributed by atoms with van der Waals surface area (Å²) in [6.45, 7) is 3.89. The average molecular weight is 260 g/mol. The molecule has 19 heavy (non-hydrogen) atoms. The lowest BCUT2D eigenvalue weighted by Gasteiger charge is -2.15. The maximum absolute atomic E-state index is 13.2. The molecule has 100 valence electrons. The van der Waals surface area contributed by atoms with Crippen molar-refractivity contribution in [2.24, 2.45) is 5.73 Å². The summed E-state index contributed by atoms with van der Waals surface area (Å²) in [6.07, 6.45) is 3.38. The van der Waals surface area contributed by atoms with Gasteiger partial charge in [0.05, 0.1) is 18.3 Å². The highest BCUT2D eigenvalue weighted by Crippen LogP contribution is 2.23. The Morgan fingerprint density at radius 3 is 2.63 bits per heavy atom. The van der Waals surface area contributed by atoms with Gasteiger partial charge in [0.25, 0.3) is 0 Å². The Bertz CT molecular complexity index is 557. The summed E-state index contributed by atoms with van der Waals surface area (Å²) in [4.78, 5) is 4.11. The quantitative estimate of drug-likeness (QED) is 0.919. The van der Waals surface area contributed by atoms with E-state index in [0.717, 1.165) is 5.56 Å². The van der Waals surface area contributed by atoms with E-state index in [1.54, 1.807) is 24.5 Å². The molecule has 1 heterocycles. The fraction of sp³-hybridized carbons (Fsp3) is 0.267. The number of ether oxygens (including phenoxy) is 1. The molecule has 0 aliphatic carbocycles. The van der Waals surface area contributed by atoms with E-state index in [4.69, 9.17) is 10.5 Å². The van der Waals surface area contributed by atoms with Crippen molar-refractivity contribution in [3.05, 3.63) is 59.7 Å². The minimum atomic E-state index is -0.418. The number of benzene rings is 1. The molecule has 0 amide bonds. The number of pyridine rings is 1. The lowest BCUT2D eigenvalue weighted by molar-refractivity contribution is 0.241. The standard InChI is InChI=1S/C15H17FN2O/c1-10(2)19-14-7-12(8-18-9-14)15(17)11-4-3-5-13(16)6-11/h3-10,15H,17H2,1-2H3. The van der Waals surface area contributed by atoms with Crippen molar-refractivity contribution >= 4 is 0 Å². The van der Waals surface area contributed by atoms with Gasteiger partial charge < -0.3 is 10.5 Å². The number of halogens is 1. The molecule has 3 nitrogen and oxygen atoms in total. The Labute approximate surface area is 112 Å². The van der Waals surface area contributed by atoms with Gasteiger partial charge in [-0.3, -0.25) is 4.98 Å². The Hall–Kier alpha value is -1.94. The fourth-order valence-electron chi connectivity index (χ4n) is 1.83. The monoisotopic (exact) mass is 260 g/mol. The van der Waals surface area contributed by atoms with Crippen molar-refractivity contribution in [3.63, 3.8) is 0 Å². The van der Waals surface area contributed by atoms with Gasteiger partial charge in [-0.15, -0.1) is 0 Å². The summed E-state index contributed by atoms with van der Waals surface area (Å²) in [5.74, 6) is 0.370. The summed E-state index contributed by atoms with van der Waals surface area (Å²) in [5, 5.41) is 0. The molecule has 1 unspecified atom stereocenters. The molecule has 1 atom stereocenters. The summed E-state index contributed by atoms with van der Waals surface area (Å²) in [7, 11) is 0. The number of nitrogens with zero attached hydrogens (tertiary/aromatic N) is 1. The van der Waals surface area contributed by atoms with Crippen LogP contribution in [0.5, 0.6) is 5.75 Å². The third-order valence-corrected chi connectivity index (χ3v) is 2.67. The van der Waals surface area contributed by atoms with Crippen LogP contribution in [0.2, 0.25) is 0 Å². The van der Waals surface area contributed by atoms with Gasteiger partial charge in [0.1, 0.15) is 11.6 Å². The van der Waals surface area contributed by atoms with Crippen LogP contribution in [0.1, 0.15) is 31.0 Å². The zero-order valence-electron chi connectivity index (χ0n) is 11.0. The molecule has 0 aliphatic rings. The van der Waals surface area contributed by atoms with Crippen LogP contribution in [0.25, 0.3) is 0 Å². The van der Waals surface area contributed by atoms with E-state index >= 15 is 0 Å². The van der Waals surface area contributed by atoms with Crippen molar-refractivity contribution in [2.75, 3.05) is 0 Å². The van der Waals surface area contributed by atoms with E-state index in [9.17, 15) is 4.39 Å². The molecular formula is C15H17FN2O. The predicted molar refractivity (Wildman–Crippen MR) is 72.4 cm³/mol. The van der Waals surface area contributed by atoms with E-state index in [-0.39, 0.29) is 11.9 Å². The van der Waals surface area contributed by atoms with Gasteiger partial charge in [0.15, 0.2) is 0 Å². The minimum Gasteiger partial charge on any atom is -0.489 e. The molecule has 2 aromatic rings. The second-order valence-corrected chi connectivity index (χ2v) is 4.65. The van der Waals surface area contributed by atoms with Crippen LogP contribution in [0, 0.1) is 5.82 Å². The summed E-state index contributed by atoms with van der Waals surface area (Å²) in [5.41, 5.74) is 7.63. The third-order valence-electron chi connectivity index (χ3n) is 2.67. The second kappa shape index (κ2) is 5.80. The van der Waals surface area contributed by atoms with Crippen LogP contribution in [0.3, 0.4) is 0 Å². The Balaban J connectivity index is 2.26. The van der Waals surface area contributed by atoms with E-state index in [1.165, 1.54) is 12.1 Å². The van der Waals surface area contributed by atoms with E-state index in [0.29, 0.717) is 11.3 Å². The summed E-state index contributed by atoms with van der Waals surface area (Å²) < 4.78 is 18.8. The van der Waals surface area contributed by atoms with E-state index in [1.807, 2.05) is 19.9 Å². The van der Waals surface area contributed by atoms with Crippen LogP contribution in [0.15, 0.2) is 42.7 Å². The topological polar surface area (TPSA) is 48.1 Å². The first kappa shape index (κ1) is 13.5. The maximum Gasteiger partial charge on any atom is 0.138 e. The molecule has 0 saturated carbocycles. The number of hydrogen-bond acceptors (Lipinski definition) is 3. The molecule has 0 spiro atoms. The van der Waals surface area contributed by atoms with Crippen molar-refractivity contribution < 1.29 is 9.13 Å². The minimum absolute atomic E-state index is 0.0717. The maximum atomic E-state index is 13.2. The van der Waals surface area contributed by atoms with Crippen LogP contribution >= 0.6 is 0 Å². The lowest BCUT2D eigenvalue weighted by Crippen LogP contribution is -2.13. The van der Waals surface area contributed by atoms with Gasteiger partial charge in [-0.05, 0) is 43.2 Å². The highest BCUT2D eigenvalue weighted by atomic mass is 19.1. The Kier molecular flexibility index (Phi) is 4.12. The van der Waals surface area contributed by atoms with Crippen molar-refractivity contribution in [1.29, 1.82) is 0 Å². The molecule has 2 N–H and O–H groups in total. The smallest absolute Gasteiger partial charge is 0.138 e. The molecule has 1 aromatic carbocycles. The third kappa shape index (κ3) is 3.51. The zero-order chi connectivity index (χ0) is 13.8. The SMILES string of the molecule is CC(C)Oc1cncc(C(N)c2cccc(F)c2)c1. The first-order valence-electron chi connectivity index (χ1n) is 6.19. The second-order valence-electron chi connectivity index (χ2n) is 4.65. The lowest BCUT2D eigenvalue weighted by atomic mass is 10.0. The fourth-order valence-corrected chi connectivity index (χ4v) is 1.83. The van der Waals surface area contributed by atoms with Gasteiger partial charge in [0, 0.05) is 6.20 Å². The summed E-state index contributed by atoms with van der Waals surface area (Å²) >= 11 is 0. The van der Waals surface area contributed by atoms with Gasteiger partial charge in [0.2, 0.25) is 0 Å². The summed E-state index contributed by atoms with van der Waals surface area (Å²) in [6, 6.07) is 7.69. The van der Waals surface area contributed by atoms with Gasteiger partial charge in [-0.25, -0.2) is 4.39 Å². The number of aromatic nitrogens is 1. The van der Waals surface area contributed by atoms with Crippen LogP contribution in [-0.4, -0.2) is 11.1 Å². The molecule has 0 radical (unpaired) electrons. The van der Waals surface area contributed by atoms with Crippen LogP contribution in [-0.2, 0) is 0 Å². The van der Waals surface area contributed by atoms with E-state index < -0.39 is 6.04 Å². The Morgan fingerprint density at radius 1 is 1.16 bits per heavy atom. The number of nitrogens with two attached hydrogens (primary N) is 1. The predicted octanol–water partition coefficient (Wildman–Crippen LogP) is 3.06. The number of rotatable bonds is 4. The van der Waals surface area contributed by atoms with Crippen molar-refractivity contribution in [3.8, 4) is 5.75 Å². The largest absolute Gasteiger partial charge is 0.489 e. The molecule has 0 saturated heterocycles. The van der Waals surface area contributed by atoms with Crippen molar-refractivity contribution in [2.45, 2.75) is 26.0 Å². The highest BCUT2D eigenvalue weighted by Gasteiger charge is 2.11. The molecule has 0 aliphatic heterocycles. The highest BCUT2D eigenvalue weighted by molar-refractivity contribution is 5.33. The van der Waals surface area contributed by atoms with Gasteiger partial charge in [-0.2, -0.15) is 0 Å². The normalized spacial score (nSPS) is 12.5. The van der Waals surface area contributed by atoms with Crippen molar-refractivity contribution in [1.82, 2.24) is 4.98 Å². The van der Waals surface area contributed by atoms with Crippen LogP contribution < -0.4 is 10.5 Å². The Morgan fingerprint density at radius 2 is 1.95 bits per heavy atom. The molecule has 2 rings (SSSR count). The van der Waals surface area contributed by atoms with Gasteiger partial charge >= 0.3 is 0 Å². The van der Waals surface area contributed by atoms with Crippen LogP contribution in [0.4, 0.5) is 4.39 Å². The first-order valence-corrected chi connectivity index (χ1v) is 6.19.